The third-order valence-corrected chi connectivity index (χ3v) is 5.92. The molecule has 4 rings (SSSR count). The van der Waals surface area contributed by atoms with E-state index >= 15 is 0 Å². The van der Waals surface area contributed by atoms with Gasteiger partial charge in [0, 0.05) is 38.3 Å². The van der Waals surface area contributed by atoms with Crippen molar-refractivity contribution in [2.45, 2.75) is 19.9 Å². The first-order valence-electron chi connectivity index (χ1n) is 11.5. The van der Waals surface area contributed by atoms with E-state index in [0.29, 0.717) is 44.2 Å². The molecule has 7 heteroatoms. The summed E-state index contributed by atoms with van der Waals surface area (Å²) in [4.78, 5) is 21.7. The Balaban J connectivity index is 1.52. The van der Waals surface area contributed by atoms with E-state index in [-0.39, 0.29) is 11.4 Å². The normalized spacial score (nSPS) is 14.8. The molecule has 0 radical (unpaired) electrons. The Kier molecular flexibility index (Phi) is 7.65. The highest BCUT2D eigenvalue weighted by Gasteiger charge is 2.23. The van der Waals surface area contributed by atoms with Gasteiger partial charge in [-0.3, -0.25) is 15.0 Å². The third-order valence-electron chi connectivity index (χ3n) is 5.92. The van der Waals surface area contributed by atoms with Crippen LogP contribution >= 0.6 is 0 Å². The number of rotatable bonds is 5. The predicted molar refractivity (Wildman–Crippen MR) is 130 cm³/mol. The van der Waals surface area contributed by atoms with Gasteiger partial charge in [0.25, 0.3) is 5.91 Å². The van der Waals surface area contributed by atoms with Crippen LogP contribution in [0.1, 0.15) is 28.4 Å². The van der Waals surface area contributed by atoms with Gasteiger partial charge in [0.1, 0.15) is 11.6 Å². The zero-order chi connectivity index (χ0) is 23.9. The second kappa shape index (κ2) is 11.0. The number of amides is 1. The SMILES string of the molecule is CCc1cccc(N=C(NC(=O)c2ccccc2F)N2CCN(Cc3ccccc3F)CC2)c1. The first-order chi connectivity index (χ1) is 16.5. The molecule has 34 heavy (non-hydrogen) atoms. The molecule has 0 spiro atoms. The minimum atomic E-state index is -0.581. The van der Waals surface area contributed by atoms with Gasteiger partial charge in [0.05, 0.1) is 11.3 Å². The van der Waals surface area contributed by atoms with Gasteiger partial charge in [0.2, 0.25) is 5.96 Å². The smallest absolute Gasteiger partial charge is 0.260 e. The lowest BCUT2D eigenvalue weighted by Gasteiger charge is -2.36. The van der Waals surface area contributed by atoms with Crippen LogP contribution in [0.15, 0.2) is 77.8 Å². The topological polar surface area (TPSA) is 47.9 Å². The van der Waals surface area contributed by atoms with Gasteiger partial charge in [-0.15, -0.1) is 0 Å². The lowest BCUT2D eigenvalue weighted by atomic mass is 10.1. The number of nitrogens with zero attached hydrogens (tertiary/aromatic N) is 3. The molecule has 176 valence electrons. The highest BCUT2D eigenvalue weighted by Crippen LogP contribution is 2.17. The van der Waals surface area contributed by atoms with Crippen LogP contribution in [-0.2, 0) is 13.0 Å². The predicted octanol–water partition coefficient (Wildman–Crippen LogP) is 4.76. The van der Waals surface area contributed by atoms with Crippen molar-refractivity contribution in [2.24, 2.45) is 4.99 Å². The average Bonchev–Trinajstić information content (AvgIpc) is 2.86. The van der Waals surface area contributed by atoms with Gasteiger partial charge >= 0.3 is 0 Å². The summed E-state index contributed by atoms with van der Waals surface area (Å²) in [6.45, 7) is 5.14. The fourth-order valence-electron chi connectivity index (χ4n) is 3.95. The maximum atomic E-state index is 14.2. The van der Waals surface area contributed by atoms with Crippen molar-refractivity contribution >= 4 is 17.6 Å². The number of aliphatic imine (C=N–C) groups is 1. The lowest BCUT2D eigenvalue weighted by molar-refractivity contribution is 0.0963. The number of aryl methyl sites for hydroxylation is 1. The van der Waals surface area contributed by atoms with Crippen molar-refractivity contribution in [3.8, 4) is 0 Å². The van der Waals surface area contributed by atoms with Crippen molar-refractivity contribution in [3.63, 3.8) is 0 Å². The second-order valence-corrected chi connectivity index (χ2v) is 8.25. The van der Waals surface area contributed by atoms with Gasteiger partial charge in [-0.25, -0.2) is 13.8 Å². The molecule has 1 aliphatic heterocycles. The molecule has 1 fully saturated rings. The number of benzene rings is 3. The Hall–Kier alpha value is -3.58. The molecule has 1 N–H and O–H groups in total. The van der Waals surface area contributed by atoms with Crippen LogP contribution in [0.25, 0.3) is 0 Å². The van der Waals surface area contributed by atoms with Crippen LogP contribution < -0.4 is 5.32 Å². The van der Waals surface area contributed by atoms with Crippen molar-refractivity contribution in [3.05, 3.63) is 101 Å². The van der Waals surface area contributed by atoms with E-state index in [9.17, 15) is 13.6 Å². The molecule has 1 amide bonds. The fourth-order valence-corrected chi connectivity index (χ4v) is 3.95. The van der Waals surface area contributed by atoms with E-state index in [1.54, 1.807) is 24.3 Å². The maximum absolute atomic E-state index is 14.2. The molecule has 0 atom stereocenters. The Bertz CT molecular complexity index is 1170. The molecular weight excluding hydrogens is 434 g/mol. The summed E-state index contributed by atoms with van der Waals surface area (Å²) in [5, 5.41) is 2.82. The summed E-state index contributed by atoms with van der Waals surface area (Å²) >= 11 is 0. The van der Waals surface area contributed by atoms with Crippen LogP contribution in [0.5, 0.6) is 0 Å². The number of hydrogen-bond donors (Lipinski definition) is 1. The zero-order valence-electron chi connectivity index (χ0n) is 19.2. The number of guanidine groups is 1. The Labute approximate surface area is 198 Å². The van der Waals surface area contributed by atoms with Crippen LogP contribution in [0.2, 0.25) is 0 Å². The van der Waals surface area contributed by atoms with E-state index in [0.717, 1.165) is 17.7 Å². The molecule has 3 aromatic carbocycles. The molecule has 1 heterocycles. The standard InChI is InChI=1S/C27H28F2N4O/c1-2-20-8-7-10-22(18-20)30-27(31-26(34)23-11-4-6-13-25(23)29)33-16-14-32(15-17-33)19-21-9-3-5-12-24(21)28/h3-13,18H,2,14-17,19H2,1H3,(H,30,31,34). The summed E-state index contributed by atoms with van der Waals surface area (Å²) < 4.78 is 28.3. The van der Waals surface area contributed by atoms with Gasteiger partial charge in [-0.05, 0) is 42.3 Å². The number of nitrogens with one attached hydrogen (secondary N) is 1. The van der Waals surface area contributed by atoms with Gasteiger partial charge < -0.3 is 4.90 Å². The van der Waals surface area contributed by atoms with E-state index in [2.05, 4.69) is 17.1 Å². The largest absolute Gasteiger partial charge is 0.340 e. The molecule has 1 aliphatic rings. The Morgan fingerprint density at radius 1 is 0.912 bits per heavy atom. The monoisotopic (exact) mass is 462 g/mol. The molecule has 1 saturated heterocycles. The highest BCUT2D eigenvalue weighted by molar-refractivity contribution is 6.06. The van der Waals surface area contributed by atoms with Gasteiger partial charge in [0.15, 0.2) is 0 Å². The van der Waals surface area contributed by atoms with Crippen LogP contribution in [-0.4, -0.2) is 47.8 Å². The minimum absolute atomic E-state index is 0.0318. The Morgan fingerprint density at radius 2 is 1.62 bits per heavy atom. The quantitative estimate of drug-likeness (QED) is 0.439. The minimum Gasteiger partial charge on any atom is -0.340 e. The fraction of sp³-hybridized carbons (Fsp3) is 0.259. The molecular formula is C27H28F2N4O. The summed E-state index contributed by atoms with van der Waals surface area (Å²) in [5.74, 6) is -0.952. The van der Waals surface area contributed by atoms with E-state index in [1.807, 2.05) is 35.2 Å². The first-order valence-corrected chi connectivity index (χ1v) is 11.5. The lowest BCUT2D eigenvalue weighted by Crippen LogP contribution is -2.53. The number of hydrogen-bond acceptors (Lipinski definition) is 3. The summed E-state index contributed by atoms with van der Waals surface area (Å²) in [7, 11) is 0. The van der Waals surface area contributed by atoms with Crippen LogP contribution in [0.4, 0.5) is 14.5 Å². The summed E-state index contributed by atoms with van der Waals surface area (Å²) in [6.07, 6.45) is 0.870. The number of carbonyl (C=O) groups is 1. The molecule has 0 unspecified atom stereocenters. The van der Waals surface area contributed by atoms with E-state index in [4.69, 9.17) is 4.99 Å². The summed E-state index contributed by atoms with van der Waals surface area (Å²) in [6, 6.07) is 20.5. The van der Waals surface area contributed by atoms with Gasteiger partial charge in [-0.1, -0.05) is 49.4 Å². The Morgan fingerprint density at radius 3 is 2.32 bits per heavy atom. The maximum Gasteiger partial charge on any atom is 0.260 e. The van der Waals surface area contributed by atoms with E-state index in [1.165, 1.54) is 18.2 Å². The summed E-state index contributed by atoms with van der Waals surface area (Å²) in [5.41, 5.74) is 2.48. The second-order valence-electron chi connectivity index (χ2n) is 8.25. The molecule has 5 nitrogen and oxygen atoms in total. The van der Waals surface area contributed by atoms with Crippen LogP contribution in [0, 0.1) is 11.6 Å². The first kappa shape index (κ1) is 23.6. The van der Waals surface area contributed by atoms with Gasteiger partial charge in [-0.2, -0.15) is 0 Å². The molecule has 0 bridgehead atoms. The zero-order valence-corrected chi connectivity index (χ0v) is 19.2. The van der Waals surface area contributed by atoms with E-state index < -0.39 is 11.7 Å². The number of carbonyl (C=O) groups excluding carboxylic acids is 1. The molecule has 0 aliphatic carbocycles. The number of halogens is 2. The number of piperazine rings is 1. The van der Waals surface area contributed by atoms with Crippen LogP contribution in [0.3, 0.4) is 0 Å². The highest BCUT2D eigenvalue weighted by atomic mass is 19.1. The molecule has 0 saturated carbocycles. The van der Waals surface area contributed by atoms with Crippen molar-refractivity contribution in [1.29, 1.82) is 0 Å². The third kappa shape index (κ3) is 5.85. The van der Waals surface area contributed by atoms with Crippen molar-refractivity contribution < 1.29 is 13.6 Å². The van der Waals surface area contributed by atoms with Crippen molar-refractivity contribution in [2.75, 3.05) is 26.2 Å². The average molecular weight is 463 g/mol. The molecule has 0 aromatic heterocycles. The molecule has 3 aromatic rings. The van der Waals surface area contributed by atoms with Crippen molar-refractivity contribution in [1.82, 2.24) is 15.1 Å².